The number of benzene rings is 1. The molecule has 0 saturated carbocycles. The lowest BCUT2D eigenvalue weighted by molar-refractivity contribution is 0.292. The van der Waals surface area contributed by atoms with Gasteiger partial charge >= 0.3 is 0 Å². The van der Waals surface area contributed by atoms with Crippen LogP contribution in [0, 0.1) is 13.8 Å². The molecule has 1 aromatic carbocycles. The molecule has 1 aromatic heterocycles. The highest BCUT2D eigenvalue weighted by atomic mass is 32.2. The van der Waals surface area contributed by atoms with Crippen molar-refractivity contribution in [2.45, 2.75) is 45.7 Å². The number of aromatic nitrogens is 1. The Morgan fingerprint density at radius 3 is 2.50 bits per heavy atom. The summed E-state index contributed by atoms with van der Waals surface area (Å²) < 4.78 is 33.2. The summed E-state index contributed by atoms with van der Waals surface area (Å²) in [5.74, 6) is 0.683. The maximum absolute atomic E-state index is 12.7. The molecule has 8 heteroatoms. The van der Waals surface area contributed by atoms with E-state index in [-0.39, 0.29) is 11.4 Å². The first kappa shape index (κ1) is 20.8. The number of rotatable bonds is 9. The van der Waals surface area contributed by atoms with E-state index in [2.05, 4.69) is 28.5 Å². The van der Waals surface area contributed by atoms with E-state index < -0.39 is 10.0 Å². The van der Waals surface area contributed by atoms with Crippen molar-refractivity contribution in [1.82, 2.24) is 14.6 Å². The van der Waals surface area contributed by atoms with Crippen LogP contribution in [0.25, 0.3) is 0 Å². The molecule has 0 spiro atoms. The fraction of sp³-hybridized carbons (Fsp3) is 0.500. The van der Waals surface area contributed by atoms with Gasteiger partial charge in [0, 0.05) is 11.9 Å². The van der Waals surface area contributed by atoms with E-state index in [0.717, 1.165) is 35.9 Å². The lowest BCUT2D eigenvalue weighted by Crippen LogP contribution is -2.24. The Morgan fingerprint density at radius 2 is 1.88 bits per heavy atom. The zero-order chi connectivity index (χ0) is 19.3. The van der Waals surface area contributed by atoms with E-state index in [0.29, 0.717) is 11.3 Å². The molecule has 144 valence electrons. The minimum absolute atomic E-state index is 0.190. The summed E-state index contributed by atoms with van der Waals surface area (Å²) >= 11 is 1.48. The maximum atomic E-state index is 12.7. The van der Waals surface area contributed by atoms with Crippen molar-refractivity contribution < 1.29 is 13.2 Å². The molecule has 0 aliphatic rings. The number of methoxy groups -OCH3 is 1. The van der Waals surface area contributed by atoms with Gasteiger partial charge in [-0.25, -0.2) is 18.1 Å². The fourth-order valence-corrected chi connectivity index (χ4v) is 4.80. The topological polar surface area (TPSA) is 71.5 Å². The molecular formula is C18H27N3O3S2. The number of ether oxygens (including phenoxy) is 1. The molecule has 0 aliphatic carbocycles. The first-order valence-electron chi connectivity index (χ1n) is 8.61. The molecule has 26 heavy (non-hydrogen) atoms. The molecule has 2 aromatic rings. The SMILES string of the molecule is CCN(CC)Cc1csc(CNS(=O)(=O)c2cc(C)c(OC)cc2C)n1. The van der Waals surface area contributed by atoms with Gasteiger partial charge in [-0.1, -0.05) is 13.8 Å². The van der Waals surface area contributed by atoms with Crippen LogP contribution in [0.4, 0.5) is 0 Å². The molecule has 0 fully saturated rings. The average Bonchev–Trinajstić information content (AvgIpc) is 3.07. The van der Waals surface area contributed by atoms with Gasteiger partial charge in [-0.2, -0.15) is 0 Å². The van der Waals surface area contributed by atoms with Crippen molar-refractivity contribution in [3.63, 3.8) is 0 Å². The van der Waals surface area contributed by atoms with Crippen molar-refractivity contribution in [2.24, 2.45) is 0 Å². The van der Waals surface area contributed by atoms with E-state index >= 15 is 0 Å². The van der Waals surface area contributed by atoms with Gasteiger partial charge in [0.05, 0.1) is 24.2 Å². The maximum Gasteiger partial charge on any atom is 0.241 e. The summed E-state index contributed by atoms with van der Waals surface area (Å²) in [4.78, 5) is 7.08. The number of hydrogen-bond donors (Lipinski definition) is 1. The van der Waals surface area contributed by atoms with Gasteiger partial charge < -0.3 is 4.74 Å². The van der Waals surface area contributed by atoms with Crippen molar-refractivity contribution in [3.8, 4) is 5.75 Å². The Hall–Kier alpha value is -1.48. The van der Waals surface area contributed by atoms with Gasteiger partial charge in [-0.3, -0.25) is 4.90 Å². The Kier molecular flexibility index (Phi) is 7.16. The third-order valence-corrected chi connectivity index (χ3v) is 6.72. The number of thiazole rings is 1. The van der Waals surface area contributed by atoms with Crippen molar-refractivity contribution in [2.75, 3.05) is 20.2 Å². The smallest absolute Gasteiger partial charge is 0.241 e. The largest absolute Gasteiger partial charge is 0.496 e. The molecule has 1 heterocycles. The first-order valence-corrected chi connectivity index (χ1v) is 11.0. The summed E-state index contributed by atoms with van der Waals surface area (Å²) in [6.45, 7) is 10.7. The third-order valence-electron chi connectivity index (χ3n) is 4.27. The van der Waals surface area contributed by atoms with Crippen LogP contribution in [-0.2, 0) is 23.1 Å². The summed E-state index contributed by atoms with van der Waals surface area (Å²) in [6.07, 6.45) is 0. The molecule has 0 saturated heterocycles. The predicted molar refractivity (Wildman–Crippen MR) is 105 cm³/mol. The van der Waals surface area contributed by atoms with E-state index in [9.17, 15) is 8.42 Å². The van der Waals surface area contributed by atoms with Gasteiger partial charge in [0.1, 0.15) is 10.8 Å². The van der Waals surface area contributed by atoms with Crippen LogP contribution in [-0.4, -0.2) is 38.5 Å². The first-order chi connectivity index (χ1) is 12.3. The van der Waals surface area contributed by atoms with Gasteiger partial charge in [0.15, 0.2) is 0 Å². The highest BCUT2D eigenvalue weighted by Crippen LogP contribution is 2.25. The van der Waals surface area contributed by atoms with E-state index in [4.69, 9.17) is 4.74 Å². The number of sulfonamides is 1. The van der Waals surface area contributed by atoms with Gasteiger partial charge in [-0.15, -0.1) is 11.3 Å². The Balaban J connectivity index is 2.09. The van der Waals surface area contributed by atoms with E-state index in [1.807, 2.05) is 12.3 Å². The minimum Gasteiger partial charge on any atom is -0.496 e. The average molecular weight is 398 g/mol. The zero-order valence-electron chi connectivity index (χ0n) is 16.0. The number of aryl methyl sites for hydroxylation is 2. The second-order valence-electron chi connectivity index (χ2n) is 6.11. The normalized spacial score (nSPS) is 11.9. The molecule has 0 atom stereocenters. The molecule has 0 radical (unpaired) electrons. The van der Waals surface area contributed by atoms with Crippen molar-refractivity contribution >= 4 is 21.4 Å². The highest BCUT2D eigenvalue weighted by molar-refractivity contribution is 7.89. The van der Waals surface area contributed by atoms with Crippen LogP contribution in [0.15, 0.2) is 22.4 Å². The molecular weight excluding hydrogens is 370 g/mol. The Morgan fingerprint density at radius 1 is 1.19 bits per heavy atom. The fourth-order valence-electron chi connectivity index (χ4n) is 2.69. The highest BCUT2D eigenvalue weighted by Gasteiger charge is 2.19. The molecule has 2 rings (SSSR count). The predicted octanol–water partition coefficient (Wildman–Crippen LogP) is 3.09. The number of nitrogens with one attached hydrogen (secondary N) is 1. The van der Waals surface area contributed by atoms with Crippen LogP contribution in [0.1, 0.15) is 35.7 Å². The second kappa shape index (κ2) is 8.94. The molecule has 0 amide bonds. The Bertz CT molecular complexity index is 843. The number of hydrogen-bond acceptors (Lipinski definition) is 6. The van der Waals surface area contributed by atoms with Crippen LogP contribution >= 0.6 is 11.3 Å². The van der Waals surface area contributed by atoms with E-state index in [1.54, 1.807) is 26.2 Å². The molecule has 0 unspecified atom stereocenters. The standard InChI is InChI=1S/C18H27N3O3S2/c1-6-21(7-2)11-15-12-25-18(20-15)10-19-26(22,23)17-9-13(3)16(24-5)8-14(17)4/h8-9,12,19H,6-7,10-11H2,1-5H3. The second-order valence-corrected chi connectivity index (χ2v) is 8.78. The lowest BCUT2D eigenvalue weighted by Gasteiger charge is -2.15. The third kappa shape index (κ3) is 5.03. The summed E-state index contributed by atoms with van der Waals surface area (Å²) in [5.41, 5.74) is 2.42. The Labute approximate surface area is 160 Å². The quantitative estimate of drug-likeness (QED) is 0.704. The zero-order valence-corrected chi connectivity index (χ0v) is 17.6. The van der Waals surface area contributed by atoms with Gasteiger partial charge in [-0.05, 0) is 50.2 Å². The monoisotopic (exact) mass is 397 g/mol. The lowest BCUT2D eigenvalue weighted by atomic mass is 10.1. The molecule has 0 bridgehead atoms. The van der Waals surface area contributed by atoms with Crippen LogP contribution < -0.4 is 9.46 Å². The molecule has 6 nitrogen and oxygen atoms in total. The van der Waals surface area contributed by atoms with Crippen molar-refractivity contribution in [1.29, 1.82) is 0 Å². The number of nitrogens with zero attached hydrogens (tertiary/aromatic N) is 2. The summed E-state index contributed by atoms with van der Waals surface area (Å²) in [6, 6.07) is 3.39. The van der Waals surface area contributed by atoms with Crippen LogP contribution in [0.5, 0.6) is 5.75 Å². The van der Waals surface area contributed by atoms with E-state index in [1.165, 1.54) is 11.3 Å². The van der Waals surface area contributed by atoms with Crippen LogP contribution in [0.2, 0.25) is 0 Å². The van der Waals surface area contributed by atoms with Crippen LogP contribution in [0.3, 0.4) is 0 Å². The molecule has 1 N–H and O–H groups in total. The minimum atomic E-state index is -3.61. The van der Waals surface area contributed by atoms with Crippen molar-refractivity contribution in [3.05, 3.63) is 39.3 Å². The summed E-state index contributed by atoms with van der Waals surface area (Å²) in [5, 5.41) is 2.75. The van der Waals surface area contributed by atoms with Gasteiger partial charge in [0.25, 0.3) is 0 Å². The summed E-state index contributed by atoms with van der Waals surface area (Å²) in [7, 11) is -2.03. The molecule has 0 aliphatic heterocycles. The van der Waals surface area contributed by atoms with Gasteiger partial charge in [0.2, 0.25) is 10.0 Å².